The van der Waals surface area contributed by atoms with Gasteiger partial charge < -0.3 is 15.1 Å². The van der Waals surface area contributed by atoms with Crippen LogP contribution in [0.1, 0.15) is 16.1 Å². The number of nitrogens with one attached hydrogen (secondary N) is 1. The largest absolute Gasteiger partial charge is 0.362 e. The zero-order valence-corrected chi connectivity index (χ0v) is 16.8. The van der Waals surface area contributed by atoms with E-state index in [0.717, 1.165) is 5.82 Å². The number of hydrogen-bond donors (Lipinski definition) is 1. The Hall–Kier alpha value is -4.01. The molecule has 1 aliphatic rings. The van der Waals surface area contributed by atoms with Gasteiger partial charge in [-0.2, -0.15) is 0 Å². The molecule has 0 aliphatic carbocycles. The third kappa shape index (κ3) is 4.77. The van der Waals surface area contributed by atoms with Crippen molar-refractivity contribution in [2.75, 3.05) is 36.0 Å². The van der Waals surface area contributed by atoms with Crippen molar-refractivity contribution in [2.24, 2.45) is 0 Å². The van der Waals surface area contributed by atoms with Crippen molar-refractivity contribution in [3.8, 4) is 0 Å². The molecule has 0 bridgehead atoms. The summed E-state index contributed by atoms with van der Waals surface area (Å²) < 4.78 is 0. The fourth-order valence-corrected chi connectivity index (χ4v) is 3.57. The molecular weight excluding hydrogens is 396 g/mol. The number of carbonyl (C=O) groups is 1. The summed E-state index contributed by atoms with van der Waals surface area (Å²) in [5.41, 5.74) is 1.41. The summed E-state index contributed by atoms with van der Waals surface area (Å²) in [5.74, 6) is 0.525. The minimum Gasteiger partial charge on any atom is -0.362 e. The Labute approximate surface area is 179 Å². The molecule has 2 aromatic heterocycles. The van der Waals surface area contributed by atoms with Gasteiger partial charge in [-0.05, 0) is 36.4 Å². The van der Waals surface area contributed by atoms with Gasteiger partial charge in [-0.15, -0.1) is 0 Å². The van der Waals surface area contributed by atoms with Crippen molar-refractivity contribution in [1.29, 1.82) is 0 Å². The summed E-state index contributed by atoms with van der Waals surface area (Å²) in [5, 5.41) is 14.5. The number of hydrogen-bond acceptors (Lipinski definition) is 7. The highest BCUT2D eigenvalue weighted by molar-refractivity contribution is 5.95. The van der Waals surface area contributed by atoms with Crippen LogP contribution < -0.4 is 15.1 Å². The topological polar surface area (TPSA) is 104 Å². The van der Waals surface area contributed by atoms with E-state index in [0.29, 0.717) is 37.6 Å². The number of nitro benzene ring substituents is 1. The second-order valence-electron chi connectivity index (χ2n) is 7.13. The molecule has 1 N–H and O–H groups in total. The van der Waals surface area contributed by atoms with Crippen molar-refractivity contribution in [3.63, 3.8) is 0 Å². The van der Waals surface area contributed by atoms with Gasteiger partial charge in [0.1, 0.15) is 11.5 Å². The molecule has 1 aromatic carbocycles. The maximum Gasteiger partial charge on any atom is 0.293 e. The van der Waals surface area contributed by atoms with Gasteiger partial charge in [0.2, 0.25) is 0 Å². The first-order valence-electron chi connectivity index (χ1n) is 9.99. The average Bonchev–Trinajstić information content (AvgIpc) is 2.83. The van der Waals surface area contributed by atoms with E-state index in [-0.39, 0.29) is 23.7 Å². The fraction of sp³-hybridized carbons (Fsp3) is 0.227. The summed E-state index contributed by atoms with van der Waals surface area (Å²) in [6, 6.07) is 15.8. The lowest BCUT2D eigenvalue weighted by atomic mass is 10.1. The lowest BCUT2D eigenvalue weighted by Crippen LogP contribution is -2.47. The highest BCUT2D eigenvalue weighted by atomic mass is 16.6. The molecule has 0 radical (unpaired) electrons. The van der Waals surface area contributed by atoms with Gasteiger partial charge >= 0.3 is 0 Å². The van der Waals surface area contributed by atoms with E-state index in [2.05, 4.69) is 20.2 Å². The zero-order valence-electron chi connectivity index (χ0n) is 16.8. The number of piperazine rings is 1. The summed E-state index contributed by atoms with van der Waals surface area (Å²) in [7, 11) is 0. The van der Waals surface area contributed by atoms with Crippen LogP contribution in [0.25, 0.3) is 0 Å². The fourth-order valence-electron chi connectivity index (χ4n) is 3.57. The van der Waals surface area contributed by atoms with Gasteiger partial charge in [-0.1, -0.05) is 12.1 Å². The van der Waals surface area contributed by atoms with Crippen LogP contribution in [0, 0.1) is 10.1 Å². The summed E-state index contributed by atoms with van der Waals surface area (Å²) in [6.07, 6.45) is 3.40. The van der Waals surface area contributed by atoms with Crippen molar-refractivity contribution in [2.45, 2.75) is 6.54 Å². The molecule has 0 unspecified atom stereocenters. The van der Waals surface area contributed by atoms with E-state index in [1.54, 1.807) is 36.7 Å². The van der Waals surface area contributed by atoms with Crippen LogP contribution in [0.3, 0.4) is 0 Å². The molecule has 1 fully saturated rings. The Morgan fingerprint density at radius 1 is 0.968 bits per heavy atom. The summed E-state index contributed by atoms with van der Waals surface area (Å²) in [6.45, 7) is 2.93. The number of pyridine rings is 2. The number of nitro groups is 1. The molecule has 0 atom stereocenters. The maximum absolute atomic E-state index is 12.5. The monoisotopic (exact) mass is 418 g/mol. The van der Waals surface area contributed by atoms with E-state index in [9.17, 15) is 14.9 Å². The van der Waals surface area contributed by atoms with Crippen LogP contribution in [-0.4, -0.2) is 47.0 Å². The normalized spacial score (nSPS) is 13.7. The lowest BCUT2D eigenvalue weighted by Gasteiger charge is -2.36. The molecule has 1 saturated heterocycles. The first-order valence-corrected chi connectivity index (χ1v) is 9.99. The van der Waals surface area contributed by atoms with Gasteiger partial charge in [-0.3, -0.25) is 19.9 Å². The highest BCUT2D eigenvalue weighted by Gasteiger charge is 2.25. The van der Waals surface area contributed by atoms with Crippen LogP contribution in [0.2, 0.25) is 0 Å². The molecule has 158 valence electrons. The smallest absolute Gasteiger partial charge is 0.293 e. The molecule has 4 rings (SSSR count). The number of amides is 1. The SMILES string of the molecule is O=C(NCc1ccccn1)c1ccc(N2CCN(c3ccccn3)CC2)c([N+](=O)[O-])c1. The van der Waals surface area contributed by atoms with Crippen molar-refractivity contribution >= 4 is 23.1 Å². The summed E-state index contributed by atoms with van der Waals surface area (Å²) >= 11 is 0. The minimum absolute atomic E-state index is 0.0724. The number of rotatable bonds is 6. The van der Waals surface area contributed by atoms with Gasteiger partial charge in [-0.25, -0.2) is 4.98 Å². The van der Waals surface area contributed by atoms with E-state index in [4.69, 9.17) is 0 Å². The van der Waals surface area contributed by atoms with Crippen molar-refractivity contribution < 1.29 is 9.72 Å². The number of anilines is 2. The van der Waals surface area contributed by atoms with Crippen molar-refractivity contribution in [3.05, 3.63) is 88.4 Å². The van der Waals surface area contributed by atoms with Gasteiger partial charge in [0.15, 0.2) is 0 Å². The minimum atomic E-state index is -0.435. The Morgan fingerprint density at radius 2 is 1.68 bits per heavy atom. The number of aromatic nitrogens is 2. The third-order valence-electron chi connectivity index (χ3n) is 5.18. The van der Waals surface area contributed by atoms with Gasteiger partial charge in [0, 0.05) is 50.2 Å². The van der Waals surface area contributed by atoms with Crippen LogP contribution in [0.15, 0.2) is 67.0 Å². The van der Waals surface area contributed by atoms with Crippen LogP contribution >= 0.6 is 0 Å². The second kappa shape index (κ2) is 9.21. The molecule has 3 aromatic rings. The first kappa shape index (κ1) is 20.3. The third-order valence-corrected chi connectivity index (χ3v) is 5.18. The number of nitrogens with zero attached hydrogens (tertiary/aromatic N) is 5. The Bertz CT molecular complexity index is 1050. The Balaban J connectivity index is 1.45. The maximum atomic E-state index is 12.5. The molecule has 1 aliphatic heterocycles. The quantitative estimate of drug-likeness (QED) is 0.485. The predicted molar refractivity (Wildman–Crippen MR) is 117 cm³/mol. The molecule has 9 nitrogen and oxygen atoms in total. The zero-order chi connectivity index (χ0) is 21.6. The molecule has 31 heavy (non-hydrogen) atoms. The summed E-state index contributed by atoms with van der Waals surface area (Å²) in [4.78, 5) is 36.4. The van der Waals surface area contributed by atoms with E-state index in [1.807, 2.05) is 29.2 Å². The molecule has 0 spiro atoms. The predicted octanol–water partition coefficient (Wildman–Crippen LogP) is 2.64. The van der Waals surface area contributed by atoms with Crippen LogP contribution in [-0.2, 0) is 6.54 Å². The van der Waals surface area contributed by atoms with Crippen molar-refractivity contribution in [1.82, 2.24) is 15.3 Å². The molecule has 0 saturated carbocycles. The molecular formula is C22H22N6O3. The average molecular weight is 418 g/mol. The van der Waals surface area contributed by atoms with Crippen LogP contribution in [0.5, 0.6) is 0 Å². The van der Waals surface area contributed by atoms with E-state index >= 15 is 0 Å². The van der Waals surface area contributed by atoms with E-state index in [1.165, 1.54) is 6.07 Å². The van der Waals surface area contributed by atoms with E-state index < -0.39 is 4.92 Å². The highest BCUT2D eigenvalue weighted by Crippen LogP contribution is 2.30. The standard InChI is InChI=1S/C22H22N6O3/c29-22(25-16-18-5-1-3-9-23-18)17-7-8-19(20(15-17)28(30)31)26-11-13-27(14-12-26)21-6-2-4-10-24-21/h1-10,15H,11-14,16H2,(H,25,29). The van der Waals surface area contributed by atoms with Gasteiger partial charge in [0.25, 0.3) is 11.6 Å². The van der Waals surface area contributed by atoms with Gasteiger partial charge in [0.05, 0.1) is 17.2 Å². The second-order valence-corrected chi connectivity index (χ2v) is 7.13. The lowest BCUT2D eigenvalue weighted by molar-refractivity contribution is -0.384. The first-order chi connectivity index (χ1) is 15.1. The molecule has 3 heterocycles. The number of benzene rings is 1. The molecule has 1 amide bonds. The molecule has 9 heteroatoms. The Kier molecular flexibility index (Phi) is 6.02. The number of carbonyl (C=O) groups excluding carboxylic acids is 1. The van der Waals surface area contributed by atoms with Crippen LogP contribution in [0.4, 0.5) is 17.2 Å². The Morgan fingerprint density at radius 3 is 2.32 bits per heavy atom.